The van der Waals surface area contributed by atoms with Crippen molar-refractivity contribution >= 4 is 34.8 Å². The summed E-state index contributed by atoms with van der Waals surface area (Å²) < 4.78 is 0. The maximum Gasteiger partial charge on any atom is 0.261 e. The number of rotatable bonds is 2. The van der Waals surface area contributed by atoms with Crippen LogP contribution in [0.5, 0.6) is 0 Å². The van der Waals surface area contributed by atoms with Crippen LogP contribution in [-0.2, 0) is 4.79 Å². The zero-order chi connectivity index (χ0) is 17.5. The molecule has 2 N–H and O–H groups in total. The smallest absolute Gasteiger partial charge is 0.261 e. The largest absolute Gasteiger partial charge is 0.318 e. The first kappa shape index (κ1) is 16.5. The van der Waals surface area contributed by atoms with Gasteiger partial charge < -0.3 is 5.73 Å². The lowest BCUT2D eigenvalue weighted by molar-refractivity contribution is -0.122. The molecule has 2 amide bonds. The Kier molecular flexibility index (Phi) is 4.07. The van der Waals surface area contributed by atoms with Crippen molar-refractivity contribution in [2.45, 2.75) is 19.4 Å². The van der Waals surface area contributed by atoms with E-state index in [9.17, 15) is 9.59 Å². The van der Waals surface area contributed by atoms with E-state index >= 15 is 0 Å². The number of nitrogens with two attached hydrogens (primary N) is 1. The lowest BCUT2D eigenvalue weighted by atomic mass is 10.0. The van der Waals surface area contributed by atoms with Crippen LogP contribution in [0, 0.1) is 0 Å². The van der Waals surface area contributed by atoms with E-state index in [1.165, 1.54) is 9.80 Å². The third-order valence-corrected chi connectivity index (χ3v) is 4.10. The number of hydrogen-bond donors (Lipinski definition) is 1. The molecular weight excluding hydrogens is 326 g/mol. The summed E-state index contributed by atoms with van der Waals surface area (Å²) in [6, 6.07) is 14.0. The summed E-state index contributed by atoms with van der Waals surface area (Å²) in [4.78, 5) is 28.7. The van der Waals surface area contributed by atoms with Gasteiger partial charge in [-0.3, -0.25) is 19.4 Å². The van der Waals surface area contributed by atoms with Gasteiger partial charge in [0.15, 0.2) is 0 Å². The normalized spacial score (nSPS) is 14.6. The molecule has 124 valence electrons. The average molecular weight is 344 g/mol. The number of fused-ring (bicyclic) bond motifs is 1. The van der Waals surface area contributed by atoms with Crippen LogP contribution in [0.15, 0.2) is 48.5 Å². The molecule has 0 bridgehead atoms. The van der Waals surface area contributed by atoms with Crippen molar-refractivity contribution < 1.29 is 9.59 Å². The molecule has 0 fully saturated rings. The van der Waals surface area contributed by atoms with Gasteiger partial charge >= 0.3 is 0 Å². The minimum atomic E-state index is -1.05. The van der Waals surface area contributed by atoms with Crippen LogP contribution in [0.25, 0.3) is 0 Å². The highest BCUT2D eigenvalue weighted by molar-refractivity contribution is 6.31. The van der Waals surface area contributed by atoms with Crippen molar-refractivity contribution in [2.75, 3.05) is 16.5 Å². The minimum Gasteiger partial charge on any atom is -0.318 e. The van der Waals surface area contributed by atoms with Crippen molar-refractivity contribution in [2.24, 2.45) is 5.73 Å². The quantitative estimate of drug-likeness (QED) is 0.911. The maximum absolute atomic E-state index is 12.9. The van der Waals surface area contributed by atoms with E-state index in [1.54, 1.807) is 62.4 Å². The fourth-order valence-corrected chi connectivity index (χ4v) is 2.87. The zero-order valence-electron chi connectivity index (χ0n) is 13.5. The van der Waals surface area contributed by atoms with Gasteiger partial charge in [0.25, 0.3) is 5.91 Å². The fraction of sp³-hybridized carbons (Fsp3) is 0.222. The van der Waals surface area contributed by atoms with Crippen molar-refractivity contribution in [3.63, 3.8) is 0 Å². The lowest BCUT2D eigenvalue weighted by Gasteiger charge is -2.39. The van der Waals surface area contributed by atoms with E-state index in [0.29, 0.717) is 22.0 Å². The number of anilines is 2. The molecule has 0 aromatic heterocycles. The summed E-state index contributed by atoms with van der Waals surface area (Å²) in [7, 11) is 0. The van der Waals surface area contributed by atoms with E-state index in [4.69, 9.17) is 17.3 Å². The predicted molar refractivity (Wildman–Crippen MR) is 95.3 cm³/mol. The zero-order valence-corrected chi connectivity index (χ0v) is 14.2. The Morgan fingerprint density at radius 1 is 1.17 bits per heavy atom. The number of amides is 2. The highest BCUT2D eigenvalue weighted by Gasteiger charge is 2.37. The molecule has 6 heteroatoms. The molecule has 0 saturated carbocycles. The molecule has 1 heterocycles. The molecule has 0 spiro atoms. The molecule has 3 rings (SSSR count). The molecule has 24 heavy (non-hydrogen) atoms. The van der Waals surface area contributed by atoms with Crippen LogP contribution >= 0.6 is 11.6 Å². The van der Waals surface area contributed by atoms with Crippen LogP contribution in [0.4, 0.5) is 11.4 Å². The summed E-state index contributed by atoms with van der Waals surface area (Å²) in [6.45, 7) is 3.39. The van der Waals surface area contributed by atoms with Gasteiger partial charge in [0.05, 0.1) is 16.8 Å². The van der Waals surface area contributed by atoms with Crippen LogP contribution in [-0.4, -0.2) is 24.0 Å². The van der Waals surface area contributed by atoms with Crippen molar-refractivity contribution in [1.29, 1.82) is 0 Å². The van der Waals surface area contributed by atoms with Crippen LogP contribution in [0.2, 0.25) is 5.02 Å². The summed E-state index contributed by atoms with van der Waals surface area (Å²) in [5.74, 6) is -0.429. The predicted octanol–water partition coefficient (Wildman–Crippen LogP) is 3.03. The van der Waals surface area contributed by atoms with Crippen molar-refractivity contribution in [3.8, 4) is 0 Å². The molecule has 0 saturated heterocycles. The highest BCUT2D eigenvalue weighted by Crippen LogP contribution is 2.32. The van der Waals surface area contributed by atoms with Crippen molar-refractivity contribution in [1.82, 2.24) is 0 Å². The monoisotopic (exact) mass is 343 g/mol. The van der Waals surface area contributed by atoms with Gasteiger partial charge in [-0.15, -0.1) is 0 Å². The molecule has 2 aromatic carbocycles. The van der Waals surface area contributed by atoms with Gasteiger partial charge in [-0.1, -0.05) is 29.8 Å². The Bertz CT molecular complexity index is 814. The van der Waals surface area contributed by atoms with Gasteiger partial charge in [0.2, 0.25) is 5.91 Å². The third-order valence-electron chi connectivity index (χ3n) is 3.87. The highest BCUT2D eigenvalue weighted by atomic mass is 35.5. The number of carbonyl (C=O) groups is 2. The molecule has 0 atom stereocenters. The Balaban J connectivity index is 2.10. The first-order valence-corrected chi connectivity index (χ1v) is 7.94. The summed E-state index contributed by atoms with van der Waals surface area (Å²) in [6.07, 6.45) is 0. The van der Waals surface area contributed by atoms with E-state index in [-0.39, 0.29) is 18.5 Å². The van der Waals surface area contributed by atoms with Crippen LogP contribution in [0.3, 0.4) is 0 Å². The SMILES string of the molecule is CC(C)(N)C(=O)N1CN(c2cccc(Cl)c2)C(=O)c2ccccc21. The fourth-order valence-electron chi connectivity index (χ4n) is 2.68. The molecular formula is C18H18ClN3O2. The second-order valence-electron chi connectivity index (χ2n) is 6.33. The van der Waals surface area contributed by atoms with E-state index in [1.807, 2.05) is 0 Å². The standard InChI is InChI=1S/C18H18ClN3O2/c1-18(2,20)17(24)22-11-21(13-7-5-6-12(19)10-13)16(23)14-8-3-4-9-15(14)22/h3-10H,11,20H2,1-2H3. The number of benzene rings is 2. The second kappa shape index (κ2) is 5.92. The van der Waals surface area contributed by atoms with E-state index < -0.39 is 5.54 Å². The van der Waals surface area contributed by atoms with Gasteiger partial charge in [-0.25, -0.2) is 0 Å². The molecule has 2 aromatic rings. The molecule has 5 nitrogen and oxygen atoms in total. The van der Waals surface area contributed by atoms with E-state index in [0.717, 1.165) is 0 Å². The lowest BCUT2D eigenvalue weighted by Crippen LogP contribution is -2.57. The maximum atomic E-state index is 12.9. The number of nitrogens with zero attached hydrogens (tertiary/aromatic N) is 2. The first-order chi connectivity index (χ1) is 11.3. The molecule has 0 aliphatic carbocycles. The van der Waals surface area contributed by atoms with Crippen LogP contribution in [0.1, 0.15) is 24.2 Å². The Morgan fingerprint density at radius 3 is 2.54 bits per heavy atom. The molecule has 0 radical (unpaired) electrons. The molecule has 0 unspecified atom stereocenters. The van der Waals surface area contributed by atoms with Crippen LogP contribution < -0.4 is 15.5 Å². The van der Waals surface area contributed by atoms with Gasteiger partial charge in [0.1, 0.15) is 6.67 Å². The van der Waals surface area contributed by atoms with E-state index in [2.05, 4.69) is 0 Å². The number of carbonyl (C=O) groups excluding carboxylic acids is 2. The first-order valence-electron chi connectivity index (χ1n) is 7.56. The topological polar surface area (TPSA) is 66.6 Å². The number of hydrogen-bond acceptors (Lipinski definition) is 3. The van der Waals surface area contributed by atoms with Gasteiger partial charge in [0, 0.05) is 10.7 Å². The van der Waals surface area contributed by atoms with Crippen molar-refractivity contribution in [3.05, 3.63) is 59.1 Å². The molecule has 1 aliphatic heterocycles. The summed E-state index contributed by atoms with van der Waals surface area (Å²) >= 11 is 6.05. The molecule has 1 aliphatic rings. The second-order valence-corrected chi connectivity index (χ2v) is 6.76. The third kappa shape index (κ3) is 2.88. The Hall–Kier alpha value is -2.37. The average Bonchev–Trinajstić information content (AvgIpc) is 2.54. The summed E-state index contributed by atoms with van der Waals surface area (Å²) in [5, 5.41) is 0.524. The minimum absolute atomic E-state index is 0.0929. The summed E-state index contributed by atoms with van der Waals surface area (Å²) in [5.41, 5.74) is 6.61. The number of para-hydroxylation sites is 1. The number of halogens is 1. The van der Waals surface area contributed by atoms with Gasteiger partial charge in [-0.2, -0.15) is 0 Å². The Morgan fingerprint density at radius 2 is 1.88 bits per heavy atom. The Labute approximate surface area is 145 Å². The van der Waals surface area contributed by atoms with Gasteiger partial charge in [-0.05, 0) is 44.2 Å².